The van der Waals surface area contributed by atoms with Crippen LogP contribution in [-0.4, -0.2) is 56.7 Å². The minimum Gasteiger partial charge on any atom is -0.335 e. The molecule has 0 unspecified atom stereocenters. The third-order valence-corrected chi connectivity index (χ3v) is 16.8. The second-order valence-electron chi connectivity index (χ2n) is 29.5. The predicted molar refractivity (Wildman–Crippen MR) is 403 cm³/mol. The molecule has 0 spiro atoms. The van der Waals surface area contributed by atoms with Crippen LogP contribution in [0.3, 0.4) is 0 Å². The van der Waals surface area contributed by atoms with Gasteiger partial charge in [0.05, 0.1) is 46.9 Å². The molecule has 0 saturated heterocycles. The molecule has 11 heteroatoms. The van der Waals surface area contributed by atoms with Crippen molar-refractivity contribution in [1.82, 2.24) is 44.5 Å². The maximum atomic E-state index is 4.53. The smallest absolute Gasteiger partial charge is 0.0953 e. The summed E-state index contributed by atoms with van der Waals surface area (Å²) in [6.45, 7) is 70.7. The number of allylic oxidation sites excluding steroid dienone is 1. The van der Waals surface area contributed by atoms with Crippen molar-refractivity contribution in [1.29, 1.82) is 0 Å². The standard InChI is InChI=1S/C12H18.2C11H17N.C10H16N2.C10H17N.2C9H16N2.C9H15NS/c1-9(2)11-6-5-7-12(8-11)10(3)4;1-8(2)10-5-11(9(3)4)7-12-6-10;1-8(2)10-5-6-11(9(3)4)12-7-10;1-7(2)9-5-6-10(8(3)4)12-11-9;1-7(2)9-5-10(8(3)4)11-6-9;1-7(2)9-5-11(6-10-9)8(3)4;1-7(2)9-5-10-11(6-9)8(3)4;1-6(2)8-5-11-9(10-8)7(3)4/h5-10H,1-4H3;2*5-9H,1-4H3;5-8H,1-4H3;5,7-8H,6H2,1-4H3;2*5-8H,1-4H3;5-7H,1-4H3. The first-order valence-corrected chi connectivity index (χ1v) is 35.9. The van der Waals surface area contributed by atoms with Gasteiger partial charge in [-0.1, -0.05) is 230 Å². The van der Waals surface area contributed by atoms with E-state index >= 15 is 0 Å². The van der Waals surface area contributed by atoms with Gasteiger partial charge in [-0.3, -0.25) is 19.6 Å². The van der Waals surface area contributed by atoms with Crippen LogP contribution in [0.5, 0.6) is 0 Å². The summed E-state index contributed by atoms with van der Waals surface area (Å²) in [5, 5.41) is 16.0. The maximum absolute atomic E-state index is 4.53. The van der Waals surface area contributed by atoms with Crippen molar-refractivity contribution in [2.45, 2.75) is 305 Å². The lowest BCUT2D eigenvalue weighted by Crippen LogP contribution is -2.00. The number of aliphatic imine (C=N–C) groups is 1. The van der Waals surface area contributed by atoms with Crippen molar-refractivity contribution in [2.75, 3.05) is 6.54 Å². The molecule has 8 rings (SSSR count). The van der Waals surface area contributed by atoms with E-state index < -0.39 is 0 Å². The molecule has 0 N–H and O–H groups in total. The minimum absolute atomic E-state index is 0.471. The Kier molecular flexibility index (Phi) is 39.4. The Morgan fingerprint density at radius 2 is 0.826 bits per heavy atom. The zero-order chi connectivity index (χ0) is 70.3. The molecule has 1 aliphatic heterocycles. The van der Waals surface area contributed by atoms with Crippen LogP contribution in [0.15, 0.2) is 120 Å². The molecule has 7 aromatic rings. The molecule has 10 nitrogen and oxygen atoms in total. The first-order chi connectivity index (χ1) is 42.9. The summed E-state index contributed by atoms with van der Waals surface area (Å²) >= 11 is 1.77. The topological polar surface area (TPSA) is 112 Å². The van der Waals surface area contributed by atoms with E-state index in [1.807, 2.05) is 35.8 Å². The number of hydrogen-bond acceptors (Lipinski definition) is 9. The number of benzene rings is 1. The number of thiazole rings is 1. The average molecular weight is 1280 g/mol. The molecule has 0 saturated carbocycles. The van der Waals surface area contributed by atoms with E-state index in [4.69, 9.17) is 0 Å². The molecule has 7 heterocycles. The fraction of sp³-hybridized carbons (Fsp3) is 0.605. The van der Waals surface area contributed by atoms with Crippen LogP contribution in [-0.2, 0) is 0 Å². The minimum atomic E-state index is 0.471. The third kappa shape index (κ3) is 32.3. The lowest BCUT2D eigenvalue weighted by molar-refractivity contribution is 0.531. The van der Waals surface area contributed by atoms with Crippen LogP contribution in [0.2, 0.25) is 0 Å². The van der Waals surface area contributed by atoms with Crippen LogP contribution in [0.1, 0.15) is 372 Å². The zero-order valence-corrected chi connectivity index (χ0v) is 65.0. The second-order valence-corrected chi connectivity index (χ2v) is 30.4. The van der Waals surface area contributed by atoms with Gasteiger partial charge in [-0.15, -0.1) is 11.3 Å². The number of nitrogens with zero attached hydrogens (tertiary/aromatic N) is 10. The summed E-state index contributed by atoms with van der Waals surface area (Å²) < 4.78 is 4.13. The lowest BCUT2D eigenvalue weighted by Gasteiger charge is -2.09. The average Bonchev–Trinajstić information content (AvgIpc) is 1.54. The highest BCUT2D eigenvalue weighted by Gasteiger charge is 2.14. The molecular formula is C81H132N10S. The molecule has 1 aliphatic rings. The van der Waals surface area contributed by atoms with E-state index in [0.717, 1.165) is 17.9 Å². The van der Waals surface area contributed by atoms with Gasteiger partial charge in [0.2, 0.25) is 0 Å². The van der Waals surface area contributed by atoms with Crippen molar-refractivity contribution in [3.8, 4) is 0 Å². The van der Waals surface area contributed by atoms with E-state index in [1.165, 1.54) is 66.8 Å². The van der Waals surface area contributed by atoms with Crippen LogP contribution in [0.25, 0.3) is 0 Å². The Hall–Kier alpha value is -5.94. The fourth-order valence-corrected chi connectivity index (χ4v) is 9.31. The van der Waals surface area contributed by atoms with E-state index in [-0.39, 0.29) is 0 Å². The molecule has 1 aromatic carbocycles. The van der Waals surface area contributed by atoms with E-state index in [0.29, 0.717) is 94.9 Å². The van der Waals surface area contributed by atoms with Gasteiger partial charge in [-0.05, 0) is 168 Å². The molecule has 0 bridgehead atoms. The molecule has 0 fully saturated rings. The second kappa shape index (κ2) is 43.1. The number of rotatable bonds is 16. The molecule has 6 aromatic heterocycles. The predicted octanol–water partition coefficient (Wildman–Crippen LogP) is 24.6. The fourth-order valence-electron chi connectivity index (χ4n) is 8.31. The van der Waals surface area contributed by atoms with Crippen molar-refractivity contribution in [2.24, 2.45) is 16.8 Å². The van der Waals surface area contributed by atoms with Crippen LogP contribution in [0.4, 0.5) is 0 Å². The van der Waals surface area contributed by atoms with Gasteiger partial charge in [0.15, 0.2) is 0 Å². The molecule has 0 amide bonds. The van der Waals surface area contributed by atoms with Crippen molar-refractivity contribution in [3.63, 3.8) is 0 Å². The quantitative estimate of drug-likeness (QED) is 0.0947. The highest BCUT2D eigenvalue weighted by molar-refractivity contribution is 7.09. The van der Waals surface area contributed by atoms with Gasteiger partial charge in [-0.25, -0.2) is 9.97 Å². The van der Waals surface area contributed by atoms with E-state index in [2.05, 4.69) is 345 Å². The zero-order valence-electron chi connectivity index (χ0n) is 64.2. The highest BCUT2D eigenvalue weighted by Crippen LogP contribution is 2.25. The largest absolute Gasteiger partial charge is 0.335 e. The molecular weight excluding hydrogens is 1150 g/mol. The molecule has 0 aliphatic carbocycles. The summed E-state index contributed by atoms with van der Waals surface area (Å²) in [7, 11) is 0. The third-order valence-electron chi connectivity index (χ3n) is 15.7. The summed E-state index contributed by atoms with van der Waals surface area (Å²) in [5.41, 5.74) is 16.7. The van der Waals surface area contributed by atoms with Crippen LogP contribution >= 0.6 is 11.3 Å². The Morgan fingerprint density at radius 3 is 1.11 bits per heavy atom. The van der Waals surface area contributed by atoms with Crippen molar-refractivity contribution >= 4 is 17.0 Å². The molecule has 0 radical (unpaired) electrons. The van der Waals surface area contributed by atoms with Gasteiger partial charge >= 0.3 is 0 Å². The summed E-state index contributed by atoms with van der Waals surface area (Å²) in [4.78, 5) is 21.9. The van der Waals surface area contributed by atoms with Crippen LogP contribution in [0, 0.1) is 11.8 Å². The first-order valence-electron chi connectivity index (χ1n) is 35.0. The number of imidazole rings is 1. The van der Waals surface area contributed by atoms with E-state index in [1.54, 1.807) is 11.3 Å². The van der Waals surface area contributed by atoms with Gasteiger partial charge in [0.25, 0.3) is 0 Å². The normalized spacial score (nSPS) is 12.0. The number of aromatic nitrogens is 9. The van der Waals surface area contributed by atoms with Gasteiger partial charge in [0, 0.05) is 65.8 Å². The lowest BCUT2D eigenvalue weighted by atomic mass is 9.96. The monoisotopic (exact) mass is 1280 g/mol. The molecule has 0 atom stereocenters. The maximum Gasteiger partial charge on any atom is 0.0953 e. The summed E-state index contributed by atoms with van der Waals surface area (Å²) in [6.07, 6.45) is 16.2. The number of pyridine rings is 2. The van der Waals surface area contributed by atoms with Gasteiger partial charge < -0.3 is 4.57 Å². The summed E-state index contributed by atoms with van der Waals surface area (Å²) in [6, 6.07) is 20.6. The van der Waals surface area contributed by atoms with Gasteiger partial charge in [0.1, 0.15) is 0 Å². The first kappa shape index (κ1) is 84.1. The SMILES string of the molecule is CC(C)C1=CC(C(C)C)=NC1.CC(C)c1ccc(C(C)C)nc1.CC(C)c1ccc(C(C)C)nn1.CC(C)c1cccc(C(C)C)c1.CC(C)c1cn(C(C)C)cn1.CC(C)c1cncc(C(C)C)c1.CC(C)c1cnn(C(C)C)c1.CC(C)c1csc(C(C)C)n1. The highest BCUT2D eigenvalue weighted by atomic mass is 32.1. The van der Waals surface area contributed by atoms with Crippen LogP contribution < -0.4 is 0 Å². The van der Waals surface area contributed by atoms with Gasteiger partial charge in [-0.2, -0.15) is 15.3 Å². The van der Waals surface area contributed by atoms with Crippen molar-refractivity contribution < 1.29 is 0 Å². The molecule has 92 heavy (non-hydrogen) atoms. The molecule has 512 valence electrons. The Morgan fingerprint density at radius 1 is 0.370 bits per heavy atom. The van der Waals surface area contributed by atoms with Crippen molar-refractivity contribution in [3.05, 3.63) is 182 Å². The number of hydrogen-bond donors (Lipinski definition) is 0. The Balaban J connectivity index is 0.000000526. The Bertz CT molecular complexity index is 2700. The van der Waals surface area contributed by atoms with E-state index in [9.17, 15) is 0 Å². The Labute approximate surface area is 568 Å². The summed E-state index contributed by atoms with van der Waals surface area (Å²) in [5.74, 6) is 8.02.